The Labute approximate surface area is 154 Å². The first-order valence-corrected chi connectivity index (χ1v) is 10.5. The van der Waals surface area contributed by atoms with Crippen molar-refractivity contribution in [3.8, 4) is 5.75 Å². The summed E-state index contributed by atoms with van der Waals surface area (Å²) in [5.41, 5.74) is 2.67. The molecule has 1 aromatic carbocycles. The van der Waals surface area contributed by atoms with Crippen molar-refractivity contribution in [3.63, 3.8) is 0 Å². The number of amides is 2. The van der Waals surface area contributed by atoms with Crippen LogP contribution in [-0.2, 0) is 21.0 Å². The molecule has 0 bridgehead atoms. The van der Waals surface area contributed by atoms with Crippen molar-refractivity contribution in [1.82, 2.24) is 10.2 Å². The van der Waals surface area contributed by atoms with Crippen LogP contribution in [0.4, 0.5) is 4.79 Å². The lowest BCUT2D eigenvalue weighted by atomic mass is 10.0. The molecule has 3 rings (SSSR count). The van der Waals surface area contributed by atoms with Crippen LogP contribution in [0.5, 0.6) is 5.75 Å². The van der Waals surface area contributed by atoms with Gasteiger partial charge in [0.2, 0.25) is 0 Å². The van der Waals surface area contributed by atoms with E-state index in [0.29, 0.717) is 25.3 Å². The fourth-order valence-electron chi connectivity index (χ4n) is 4.04. The molecule has 0 saturated carbocycles. The monoisotopic (exact) mass is 382 g/mol. The highest BCUT2D eigenvalue weighted by Crippen LogP contribution is 2.35. The van der Waals surface area contributed by atoms with Crippen molar-refractivity contribution in [3.05, 3.63) is 28.8 Å². The van der Waals surface area contributed by atoms with Crippen LogP contribution in [0.3, 0.4) is 0 Å². The molecule has 2 aliphatic heterocycles. The number of carbonyl (C=O) groups excluding carboxylic acids is 1. The zero-order chi connectivity index (χ0) is 19.1. The van der Waals surface area contributed by atoms with Gasteiger partial charge in [0.15, 0.2) is 9.84 Å². The summed E-state index contributed by atoms with van der Waals surface area (Å²) in [6.07, 6.45) is 0.318. The zero-order valence-corrected chi connectivity index (χ0v) is 16.2. The number of nitrogens with zero attached hydrogens (tertiary/aromatic N) is 1. The van der Waals surface area contributed by atoms with Gasteiger partial charge in [0, 0.05) is 32.7 Å². The van der Waals surface area contributed by atoms with Gasteiger partial charge in [-0.1, -0.05) is 12.1 Å². The number of ether oxygens (including phenoxy) is 1. The number of likely N-dealkylation sites (tertiary alicyclic amines) is 1. The Kier molecular flexibility index (Phi) is 5.16. The van der Waals surface area contributed by atoms with E-state index in [0.717, 1.165) is 16.7 Å². The molecule has 0 unspecified atom stereocenters. The molecule has 0 radical (unpaired) electrons. The van der Waals surface area contributed by atoms with Gasteiger partial charge < -0.3 is 20.1 Å². The van der Waals surface area contributed by atoms with E-state index in [-0.39, 0.29) is 30.4 Å². The summed E-state index contributed by atoms with van der Waals surface area (Å²) < 4.78 is 29.7. The highest BCUT2D eigenvalue weighted by Gasteiger charge is 2.53. The number of aryl methyl sites for hydroxylation is 2. The second-order valence-electron chi connectivity index (χ2n) is 7.27. The lowest BCUT2D eigenvalue weighted by Crippen LogP contribution is -2.41. The molecule has 2 fully saturated rings. The smallest absolute Gasteiger partial charge is 0.317 e. The van der Waals surface area contributed by atoms with Crippen LogP contribution >= 0.6 is 0 Å². The minimum absolute atomic E-state index is 0.0495. The summed E-state index contributed by atoms with van der Waals surface area (Å²) in [7, 11) is -1.68. The molecule has 0 aromatic heterocycles. The number of methoxy groups -OCH3 is 1. The lowest BCUT2D eigenvalue weighted by Gasteiger charge is -2.20. The number of carbonyl (C=O) groups is 1. The Bertz CT molecular complexity index is 785. The molecular formula is C18H26N2O5S. The van der Waals surface area contributed by atoms with Gasteiger partial charge in [0.25, 0.3) is 0 Å². The number of fused-ring (bicyclic) bond motifs is 1. The first-order valence-electron chi connectivity index (χ1n) is 8.79. The summed E-state index contributed by atoms with van der Waals surface area (Å²) in [6, 6.07) is 3.58. The van der Waals surface area contributed by atoms with E-state index in [1.807, 2.05) is 26.0 Å². The summed E-state index contributed by atoms with van der Waals surface area (Å²) in [5.74, 6) is 0.210. The Morgan fingerprint density at radius 1 is 1.31 bits per heavy atom. The van der Waals surface area contributed by atoms with Crippen LogP contribution in [0.15, 0.2) is 12.1 Å². The third-order valence-electron chi connectivity index (χ3n) is 5.48. The number of phenolic OH excluding ortho intramolecular Hbond substituents is 1. The fraction of sp³-hybridized carbons (Fsp3) is 0.611. The first kappa shape index (κ1) is 19.0. The first-order chi connectivity index (χ1) is 12.2. The molecule has 8 heteroatoms. The van der Waals surface area contributed by atoms with E-state index in [1.54, 1.807) is 4.90 Å². The number of benzene rings is 1. The quantitative estimate of drug-likeness (QED) is 0.810. The van der Waals surface area contributed by atoms with E-state index < -0.39 is 15.1 Å². The molecule has 2 N–H and O–H groups in total. The van der Waals surface area contributed by atoms with Crippen molar-refractivity contribution in [2.75, 3.05) is 32.5 Å². The van der Waals surface area contributed by atoms with Crippen molar-refractivity contribution >= 4 is 15.9 Å². The van der Waals surface area contributed by atoms with Gasteiger partial charge in [0.05, 0.1) is 17.1 Å². The summed E-state index contributed by atoms with van der Waals surface area (Å²) in [6.45, 7) is 4.79. The van der Waals surface area contributed by atoms with Crippen LogP contribution in [0.1, 0.15) is 16.7 Å². The summed E-state index contributed by atoms with van der Waals surface area (Å²) in [4.78, 5) is 14.0. The SMILES string of the molecule is CO[C@@H]1CS(=O)(=O)[C@H]2CN(C(=O)NCCc3cc(C)c(O)c(C)c3)C[C@@H]12. The zero-order valence-electron chi connectivity index (χ0n) is 15.4. The molecule has 2 heterocycles. The van der Waals surface area contributed by atoms with Gasteiger partial charge in [-0.2, -0.15) is 0 Å². The van der Waals surface area contributed by atoms with Crippen LogP contribution < -0.4 is 5.32 Å². The Morgan fingerprint density at radius 3 is 2.58 bits per heavy atom. The number of nitrogens with one attached hydrogen (secondary N) is 1. The van der Waals surface area contributed by atoms with Gasteiger partial charge in [-0.05, 0) is 37.0 Å². The second-order valence-corrected chi connectivity index (χ2v) is 9.54. The summed E-state index contributed by atoms with van der Waals surface area (Å²) >= 11 is 0. The van der Waals surface area contributed by atoms with Crippen molar-refractivity contribution in [2.45, 2.75) is 31.6 Å². The Hall–Kier alpha value is -1.80. The molecular weight excluding hydrogens is 356 g/mol. The Morgan fingerprint density at radius 2 is 1.96 bits per heavy atom. The molecule has 2 saturated heterocycles. The van der Waals surface area contributed by atoms with E-state index in [1.165, 1.54) is 7.11 Å². The average Bonchev–Trinajstić information content (AvgIpc) is 3.12. The number of urea groups is 1. The molecule has 26 heavy (non-hydrogen) atoms. The molecule has 1 aromatic rings. The normalized spacial score (nSPS) is 26.7. The maximum Gasteiger partial charge on any atom is 0.317 e. The lowest BCUT2D eigenvalue weighted by molar-refractivity contribution is 0.0821. The highest BCUT2D eigenvalue weighted by molar-refractivity contribution is 7.92. The van der Waals surface area contributed by atoms with Gasteiger partial charge in [-0.25, -0.2) is 13.2 Å². The number of phenols is 1. The van der Waals surface area contributed by atoms with Crippen molar-refractivity contribution in [1.29, 1.82) is 0 Å². The van der Waals surface area contributed by atoms with E-state index in [2.05, 4.69) is 5.32 Å². The molecule has 2 aliphatic rings. The minimum Gasteiger partial charge on any atom is -0.507 e. The number of sulfone groups is 1. The van der Waals surface area contributed by atoms with Crippen LogP contribution in [-0.4, -0.2) is 68.3 Å². The van der Waals surface area contributed by atoms with Gasteiger partial charge in [0.1, 0.15) is 5.75 Å². The summed E-state index contributed by atoms with van der Waals surface area (Å²) in [5, 5.41) is 12.2. The standard InChI is InChI=1S/C18H26N2O5S/c1-11-6-13(7-12(2)17(11)21)4-5-19-18(22)20-8-14-15(25-3)10-26(23,24)16(14)9-20/h6-7,14-16,21H,4-5,8-10H2,1-3H3,(H,19,22)/t14-,15+,16-/m0/s1. The van der Waals surface area contributed by atoms with Gasteiger partial charge in [-0.15, -0.1) is 0 Å². The second kappa shape index (κ2) is 7.08. The predicted octanol–water partition coefficient (Wildman–Crippen LogP) is 1.00. The minimum atomic E-state index is -3.20. The van der Waals surface area contributed by atoms with E-state index in [4.69, 9.17) is 4.74 Å². The number of aromatic hydroxyl groups is 1. The van der Waals surface area contributed by atoms with Crippen molar-refractivity contribution in [2.24, 2.45) is 5.92 Å². The fourth-order valence-corrected chi connectivity index (χ4v) is 6.33. The van der Waals surface area contributed by atoms with Crippen LogP contribution in [0.2, 0.25) is 0 Å². The number of rotatable bonds is 4. The molecule has 0 spiro atoms. The van der Waals surface area contributed by atoms with Crippen LogP contribution in [0, 0.1) is 19.8 Å². The number of hydrogen-bond donors (Lipinski definition) is 2. The highest BCUT2D eigenvalue weighted by atomic mass is 32.2. The maximum absolute atomic E-state index is 12.4. The number of hydrogen-bond acceptors (Lipinski definition) is 5. The maximum atomic E-state index is 12.4. The molecule has 0 aliphatic carbocycles. The topological polar surface area (TPSA) is 95.9 Å². The van der Waals surface area contributed by atoms with Crippen molar-refractivity contribution < 1.29 is 23.1 Å². The average molecular weight is 382 g/mol. The molecule has 144 valence electrons. The van der Waals surface area contributed by atoms with Gasteiger partial charge in [-0.3, -0.25) is 0 Å². The van der Waals surface area contributed by atoms with Crippen LogP contribution in [0.25, 0.3) is 0 Å². The predicted molar refractivity (Wildman–Crippen MR) is 98.1 cm³/mol. The molecule has 7 nitrogen and oxygen atoms in total. The third-order valence-corrected chi connectivity index (χ3v) is 7.69. The van der Waals surface area contributed by atoms with E-state index in [9.17, 15) is 18.3 Å². The molecule has 3 atom stereocenters. The van der Waals surface area contributed by atoms with E-state index >= 15 is 0 Å². The third kappa shape index (κ3) is 3.53. The largest absolute Gasteiger partial charge is 0.507 e. The Balaban J connectivity index is 1.55. The van der Waals surface area contributed by atoms with Gasteiger partial charge >= 0.3 is 6.03 Å². The molecule has 2 amide bonds.